The normalized spacial score (nSPS) is 15.1. The maximum atomic E-state index is 5.52. The van der Waals surface area contributed by atoms with Gasteiger partial charge in [0.25, 0.3) is 0 Å². The molecular weight excluding hydrogens is 398 g/mol. The SMILES string of the molecule is [Ir].[c-]1c(C2=NCCCO2)sc2ccccc12. The topological polar surface area (TPSA) is 21.6 Å². The molecule has 3 rings (SSSR count). The van der Waals surface area contributed by atoms with E-state index >= 15 is 0 Å². The predicted octanol–water partition coefficient (Wildman–Crippen LogP) is 2.87. The summed E-state index contributed by atoms with van der Waals surface area (Å²) >= 11 is 1.69. The van der Waals surface area contributed by atoms with E-state index in [0.717, 1.165) is 35.7 Å². The number of nitrogens with zero attached hydrogens (tertiary/aromatic N) is 1. The Morgan fingerprint density at radius 1 is 1.31 bits per heavy atom. The molecule has 1 aliphatic heterocycles. The first kappa shape index (κ1) is 11.8. The van der Waals surface area contributed by atoms with E-state index in [9.17, 15) is 0 Å². The zero-order valence-electron chi connectivity index (χ0n) is 8.53. The average molecular weight is 409 g/mol. The van der Waals surface area contributed by atoms with Crippen molar-refractivity contribution in [2.24, 2.45) is 4.99 Å². The molecule has 2 nitrogen and oxygen atoms in total. The third kappa shape index (κ3) is 2.19. The molecule has 1 aromatic heterocycles. The van der Waals surface area contributed by atoms with Gasteiger partial charge in [-0.15, -0.1) is 23.6 Å². The zero-order chi connectivity index (χ0) is 10.1. The Labute approximate surface area is 112 Å². The first-order chi connectivity index (χ1) is 7.43. The summed E-state index contributed by atoms with van der Waals surface area (Å²) in [5.41, 5.74) is 0. The first-order valence-electron chi connectivity index (χ1n) is 5.02. The number of rotatable bonds is 1. The number of hydrogen-bond acceptors (Lipinski definition) is 3. The van der Waals surface area contributed by atoms with Gasteiger partial charge in [0.15, 0.2) is 0 Å². The summed E-state index contributed by atoms with van der Waals surface area (Å²) in [5.74, 6) is 0.766. The van der Waals surface area contributed by atoms with E-state index < -0.39 is 0 Å². The van der Waals surface area contributed by atoms with Crippen molar-refractivity contribution in [2.45, 2.75) is 6.42 Å². The standard InChI is InChI=1S/C12H10NOS.Ir/c1-2-5-10-9(4-1)8-11(15-10)12-13-6-3-7-14-12;/h1-2,4-5H,3,6-7H2;/q-1;. The Morgan fingerprint density at radius 3 is 2.94 bits per heavy atom. The number of ether oxygens (including phenoxy) is 1. The minimum Gasteiger partial charge on any atom is -0.519 e. The Bertz CT molecular complexity index is 487. The molecule has 0 amide bonds. The van der Waals surface area contributed by atoms with Crippen molar-refractivity contribution < 1.29 is 24.8 Å². The Morgan fingerprint density at radius 2 is 2.19 bits per heavy atom. The van der Waals surface area contributed by atoms with E-state index in [1.165, 1.54) is 4.70 Å². The van der Waals surface area contributed by atoms with Crippen LogP contribution in [0.1, 0.15) is 11.3 Å². The van der Waals surface area contributed by atoms with Gasteiger partial charge in [-0.1, -0.05) is 12.1 Å². The monoisotopic (exact) mass is 409 g/mol. The van der Waals surface area contributed by atoms with Gasteiger partial charge in [0.2, 0.25) is 0 Å². The number of hydrogen-bond donors (Lipinski definition) is 0. The Hall–Kier alpha value is -0.701. The number of aliphatic imine (C=N–C) groups is 1. The molecule has 85 valence electrons. The summed E-state index contributed by atoms with van der Waals surface area (Å²) in [7, 11) is 0. The molecule has 0 fully saturated rings. The zero-order valence-corrected chi connectivity index (χ0v) is 11.7. The van der Waals surface area contributed by atoms with Crippen molar-refractivity contribution in [3.05, 3.63) is 35.2 Å². The van der Waals surface area contributed by atoms with Gasteiger partial charge in [-0.25, -0.2) is 11.3 Å². The molecule has 0 saturated heterocycles. The van der Waals surface area contributed by atoms with Crippen LogP contribution in [0.15, 0.2) is 29.3 Å². The quantitative estimate of drug-likeness (QED) is 0.665. The molecule has 0 spiro atoms. The van der Waals surface area contributed by atoms with E-state index in [2.05, 4.69) is 23.2 Å². The van der Waals surface area contributed by atoms with Gasteiger partial charge < -0.3 is 4.74 Å². The second-order valence-electron chi connectivity index (χ2n) is 3.44. The summed E-state index contributed by atoms with van der Waals surface area (Å²) in [4.78, 5) is 5.39. The molecule has 2 heterocycles. The van der Waals surface area contributed by atoms with Crippen molar-refractivity contribution in [2.75, 3.05) is 13.2 Å². The van der Waals surface area contributed by atoms with Crippen LogP contribution in [0.4, 0.5) is 0 Å². The predicted molar refractivity (Wildman–Crippen MR) is 62.6 cm³/mol. The van der Waals surface area contributed by atoms with Gasteiger partial charge in [-0.05, 0) is 16.0 Å². The number of benzene rings is 1. The van der Waals surface area contributed by atoms with Crippen molar-refractivity contribution in [1.29, 1.82) is 0 Å². The second-order valence-corrected chi connectivity index (χ2v) is 4.49. The van der Waals surface area contributed by atoms with Gasteiger partial charge in [0, 0.05) is 26.7 Å². The van der Waals surface area contributed by atoms with Crippen molar-refractivity contribution in [3.63, 3.8) is 0 Å². The van der Waals surface area contributed by atoms with Crippen LogP contribution in [0.3, 0.4) is 0 Å². The number of thiophene rings is 1. The molecule has 0 N–H and O–H groups in total. The minimum atomic E-state index is 0. The van der Waals surface area contributed by atoms with E-state index in [1.54, 1.807) is 11.3 Å². The van der Waals surface area contributed by atoms with E-state index in [4.69, 9.17) is 4.74 Å². The van der Waals surface area contributed by atoms with Gasteiger partial charge in [0.05, 0.1) is 6.61 Å². The second kappa shape index (κ2) is 5.09. The molecular formula is C12H10IrNOS-. The molecule has 0 bridgehead atoms. The summed E-state index contributed by atoms with van der Waals surface area (Å²) in [6.07, 6.45) is 1.02. The fraction of sp³-hybridized carbons (Fsp3) is 0.250. The molecule has 1 aliphatic rings. The van der Waals surface area contributed by atoms with Crippen LogP contribution in [-0.2, 0) is 24.8 Å². The number of fused-ring (bicyclic) bond motifs is 1. The van der Waals surface area contributed by atoms with E-state index in [0.29, 0.717) is 0 Å². The first-order valence-corrected chi connectivity index (χ1v) is 5.83. The third-order valence-corrected chi connectivity index (χ3v) is 3.39. The molecule has 0 saturated carbocycles. The summed E-state index contributed by atoms with van der Waals surface area (Å²) in [5, 5.41) is 1.15. The van der Waals surface area contributed by atoms with Gasteiger partial charge in [-0.2, -0.15) is 0 Å². The maximum absolute atomic E-state index is 5.52. The van der Waals surface area contributed by atoms with Crippen LogP contribution in [-0.4, -0.2) is 19.0 Å². The summed E-state index contributed by atoms with van der Waals surface area (Å²) in [6, 6.07) is 11.6. The summed E-state index contributed by atoms with van der Waals surface area (Å²) < 4.78 is 6.76. The summed E-state index contributed by atoms with van der Waals surface area (Å²) in [6.45, 7) is 1.65. The van der Waals surface area contributed by atoms with Crippen molar-refractivity contribution in [3.8, 4) is 0 Å². The average Bonchev–Trinajstić information content (AvgIpc) is 2.74. The van der Waals surface area contributed by atoms with Crippen LogP contribution in [0.25, 0.3) is 10.1 Å². The maximum Gasteiger partial charge on any atom is 0.148 e. The van der Waals surface area contributed by atoms with Crippen LogP contribution >= 0.6 is 11.3 Å². The fourth-order valence-electron chi connectivity index (χ4n) is 1.61. The fourth-order valence-corrected chi connectivity index (χ4v) is 2.58. The van der Waals surface area contributed by atoms with Crippen molar-refractivity contribution >= 4 is 27.3 Å². The van der Waals surface area contributed by atoms with Crippen molar-refractivity contribution in [1.82, 2.24) is 0 Å². The van der Waals surface area contributed by atoms with Crippen LogP contribution in [0.5, 0.6) is 0 Å². The smallest absolute Gasteiger partial charge is 0.148 e. The molecule has 1 aromatic carbocycles. The van der Waals surface area contributed by atoms with Gasteiger partial charge >= 0.3 is 0 Å². The largest absolute Gasteiger partial charge is 0.519 e. The minimum absolute atomic E-state index is 0. The molecule has 2 aromatic rings. The van der Waals surface area contributed by atoms with Crippen LogP contribution in [0, 0.1) is 6.07 Å². The van der Waals surface area contributed by atoms with E-state index in [1.807, 2.05) is 12.1 Å². The van der Waals surface area contributed by atoms with Crippen LogP contribution in [0.2, 0.25) is 0 Å². The van der Waals surface area contributed by atoms with Gasteiger partial charge in [-0.3, -0.25) is 4.99 Å². The molecule has 0 atom stereocenters. The molecule has 0 aliphatic carbocycles. The molecule has 1 radical (unpaired) electrons. The van der Waals surface area contributed by atoms with Gasteiger partial charge in [0.1, 0.15) is 5.90 Å². The third-order valence-electron chi connectivity index (χ3n) is 2.34. The molecule has 16 heavy (non-hydrogen) atoms. The Kier molecular flexibility index (Phi) is 3.74. The molecule has 0 unspecified atom stereocenters. The Balaban J connectivity index is 0.000000963. The van der Waals surface area contributed by atoms with Crippen LogP contribution < -0.4 is 0 Å². The molecule has 4 heteroatoms. The van der Waals surface area contributed by atoms with E-state index in [-0.39, 0.29) is 20.1 Å².